The van der Waals surface area contributed by atoms with E-state index in [1.165, 1.54) is 7.11 Å². The van der Waals surface area contributed by atoms with Gasteiger partial charge in [-0.15, -0.1) is 0 Å². The van der Waals surface area contributed by atoms with Crippen molar-refractivity contribution in [1.29, 1.82) is 0 Å². The van der Waals surface area contributed by atoms with Crippen LogP contribution in [0.15, 0.2) is 36.5 Å². The quantitative estimate of drug-likeness (QED) is 0.717. The molecule has 1 aromatic carbocycles. The van der Waals surface area contributed by atoms with E-state index in [1.807, 2.05) is 23.1 Å². The van der Waals surface area contributed by atoms with Crippen LogP contribution in [0.1, 0.15) is 31.2 Å². The van der Waals surface area contributed by atoms with Crippen molar-refractivity contribution in [3.63, 3.8) is 0 Å². The maximum Gasteiger partial charge on any atom is 0.308 e. The number of benzene rings is 1. The second-order valence-electron chi connectivity index (χ2n) is 8.93. The van der Waals surface area contributed by atoms with E-state index >= 15 is 0 Å². The highest BCUT2D eigenvalue weighted by molar-refractivity contribution is 6.00. The molecular formula is C25H30N4O4. The monoisotopic (exact) mass is 450 g/mol. The third-order valence-corrected chi connectivity index (χ3v) is 7.00. The van der Waals surface area contributed by atoms with E-state index in [2.05, 4.69) is 27.3 Å². The summed E-state index contributed by atoms with van der Waals surface area (Å²) < 4.78 is 10.4. The Morgan fingerprint density at radius 3 is 2.61 bits per heavy atom. The first kappa shape index (κ1) is 21.7. The molecule has 1 saturated heterocycles. The molecule has 5 rings (SSSR count). The number of carbonyl (C=O) groups is 2. The topological polar surface area (TPSA) is 84.0 Å². The summed E-state index contributed by atoms with van der Waals surface area (Å²) in [7, 11) is 1.43. The molecular weight excluding hydrogens is 420 g/mol. The van der Waals surface area contributed by atoms with Gasteiger partial charge in [0.25, 0.3) is 0 Å². The smallest absolute Gasteiger partial charge is 0.308 e. The van der Waals surface area contributed by atoms with Gasteiger partial charge in [-0.1, -0.05) is 6.07 Å². The first-order valence-corrected chi connectivity index (χ1v) is 11.7. The van der Waals surface area contributed by atoms with E-state index in [1.54, 1.807) is 6.20 Å². The van der Waals surface area contributed by atoms with E-state index in [4.69, 9.17) is 9.47 Å². The lowest BCUT2D eigenvalue weighted by Crippen LogP contribution is -2.39. The Bertz CT molecular complexity index is 1030. The number of morpholine rings is 1. The molecule has 1 amide bonds. The standard InChI is InChI=1S/C25H30N4O4/c1-32-25(31)18-6-4-17(5-7-18)24(30)29-16-19-3-2-10-26-23(19)27-21-9-8-20(15-22(21)29)28-11-13-33-14-12-28/h2-3,8-10,15,17-18H,4-7,11-14,16H2,1H3,(H,26,27)/t17-,18-. The Kier molecular flexibility index (Phi) is 6.17. The molecule has 2 aliphatic heterocycles. The van der Waals surface area contributed by atoms with Crippen LogP contribution in [0.5, 0.6) is 0 Å². The van der Waals surface area contributed by atoms with Crippen molar-refractivity contribution in [3.8, 4) is 0 Å². The Labute approximate surface area is 193 Å². The fourth-order valence-corrected chi connectivity index (χ4v) is 5.09. The second kappa shape index (κ2) is 9.39. The fraction of sp³-hybridized carbons (Fsp3) is 0.480. The number of nitrogens with zero attached hydrogens (tertiary/aromatic N) is 3. The van der Waals surface area contributed by atoms with Crippen molar-refractivity contribution >= 4 is 34.8 Å². The number of methoxy groups -OCH3 is 1. The zero-order valence-electron chi connectivity index (χ0n) is 19.0. The van der Waals surface area contributed by atoms with Gasteiger partial charge in [-0.2, -0.15) is 0 Å². The molecule has 33 heavy (non-hydrogen) atoms. The lowest BCUT2D eigenvalue weighted by molar-refractivity contribution is -0.147. The molecule has 1 saturated carbocycles. The number of hydrogen-bond donors (Lipinski definition) is 1. The van der Waals surface area contributed by atoms with Crippen LogP contribution < -0.4 is 15.1 Å². The molecule has 1 aromatic heterocycles. The lowest BCUT2D eigenvalue weighted by Gasteiger charge is -2.33. The largest absolute Gasteiger partial charge is 0.469 e. The normalized spacial score (nSPS) is 22.5. The zero-order chi connectivity index (χ0) is 22.8. The number of aromatic nitrogens is 1. The minimum atomic E-state index is -0.166. The van der Waals surface area contributed by atoms with Crippen molar-refractivity contribution in [2.45, 2.75) is 32.2 Å². The highest BCUT2D eigenvalue weighted by Crippen LogP contribution is 2.40. The van der Waals surface area contributed by atoms with Crippen molar-refractivity contribution in [2.24, 2.45) is 11.8 Å². The van der Waals surface area contributed by atoms with Gasteiger partial charge < -0.3 is 24.6 Å². The van der Waals surface area contributed by atoms with Crippen LogP contribution in [0.2, 0.25) is 0 Å². The second-order valence-corrected chi connectivity index (χ2v) is 8.93. The average molecular weight is 451 g/mol. The number of fused-ring (bicyclic) bond motifs is 2. The predicted octanol–water partition coefficient (Wildman–Crippen LogP) is 3.49. The Balaban J connectivity index is 1.45. The summed E-state index contributed by atoms with van der Waals surface area (Å²) in [5.41, 5.74) is 3.82. The molecule has 0 unspecified atom stereocenters. The molecule has 2 aromatic rings. The number of pyridine rings is 1. The number of anilines is 4. The molecule has 8 nitrogen and oxygen atoms in total. The van der Waals surface area contributed by atoms with Crippen LogP contribution in [-0.4, -0.2) is 50.3 Å². The summed E-state index contributed by atoms with van der Waals surface area (Å²) in [6.45, 7) is 3.54. The van der Waals surface area contributed by atoms with Gasteiger partial charge in [-0.05, 0) is 49.9 Å². The number of carbonyl (C=O) groups excluding carboxylic acids is 2. The SMILES string of the molecule is COC(=O)[C@H]1CC[C@H](C(=O)N2Cc3cccnc3Nc3ccc(N4CCOCC4)cc32)CC1. The van der Waals surface area contributed by atoms with Crippen LogP contribution >= 0.6 is 0 Å². The lowest BCUT2D eigenvalue weighted by atomic mass is 9.81. The van der Waals surface area contributed by atoms with Crippen molar-refractivity contribution in [1.82, 2.24) is 4.98 Å². The zero-order valence-corrected chi connectivity index (χ0v) is 19.0. The van der Waals surface area contributed by atoms with Crippen LogP contribution in [0.25, 0.3) is 0 Å². The number of esters is 1. The minimum absolute atomic E-state index is 0.102. The Hall–Kier alpha value is -3.13. The summed E-state index contributed by atoms with van der Waals surface area (Å²) in [6.07, 6.45) is 4.53. The van der Waals surface area contributed by atoms with Gasteiger partial charge in [0.1, 0.15) is 5.82 Å². The summed E-state index contributed by atoms with van der Waals surface area (Å²) in [6, 6.07) is 10.2. The molecule has 8 heteroatoms. The number of ether oxygens (including phenoxy) is 2. The molecule has 0 atom stereocenters. The van der Waals surface area contributed by atoms with Gasteiger partial charge in [-0.25, -0.2) is 4.98 Å². The molecule has 174 valence electrons. The van der Waals surface area contributed by atoms with E-state index in [9.17, 15) is 9.59 Å². The number of nitrogens with one attached hydrogen (secondary N) is 1. The molecule has 0 bridgehead atoms. The van der Waals surface area contributed by atoms with E-state index in [-0.39, 0.29) is 23.7 Å². The van der Waals surface area contributed by atoms with Crippen molar-refractivity contribution in [3.05, 3.63) is 42.1 Å². The summed E-state index contributed by atoms with van der Waals surface area (Å²) >= 11 is 0. The van der Waals surface area contributed by atoms with Gasteiger partial charge >= 0.3 is 5.97 Å². The summed E-state index contributed by atoms with van der Waals surface area (Å²) in [4.78, 5) is 34.5. The van der Waals surface area contributed by atoms with Crippen LogP contribution in [0.3, 0.4) is 0 Å². The Morgan fingerprint density at radius 1 is 1.09 bits per heavy atom. The maximum atomic E-state index is 13.8. The van der Waals surface area contributed by atoms with Gasteiger partial charge in [0.15, 0.2) is 0 Å². The molecule has 2 fully saturated rings. The Morgan fingerprint density at radius 2 is 1.85 bits per heavy atom. The third-order valence-electron chi connectivity index (χ3n) is 7.00. The molecule has 1 aliphatic carbocycles. The predicted molar refractivity (Wildman–Crippen MR) is 126 cm³/mol. The van der Waals surface area contributed by atoms with Gasteiger partial charge in [-0.3, -0.25) is 9.59 Å². The first-order valence-electron chi connectivity index (χ1n) is 11.7. The summed E-state index contributed by atoms with van der Waals surface area (Å²) in [5.74, 6) is 0.513. The maximum absolute atomic E-state index is 13.8. The van der Waals surface area contributed by atoms with Crippen LogP contribution in [-0.2, 0) is 25.6 Å². The molecule has 0 spiro atoms. The van der Waals surface area contributed by atoms with Crippen LogP contribution in [0, 0.1) is 11.8 Å². The number of amides is 1. The van der Waals surface area contributed by atoms with Gasteiger partial charge in [0, 0.05) is 36.5 Å². The first-order chi connectivity index (χ1) is 16.1. The van der Waals surface area contributed by atoms with Gasteiger partial charge in [0.05, 0.1) is 44.2 Å². The fourth-order valence-electron chi connectivity index (χ4n) is 5.09. The van der Waals surface area contributed by atoms with Crippen molar-refractivity contribution in [2.75, 3.05) is 48.5 Å². The minimum Gasteiger partial charge on any atom is -0.469 e. The molecule has 0 radical (unpaired) electrons. The molecule has 1 N–H and O–H groups in total. The third kappa shape index (κ3) is 4.39. The van der Waals surface area contributed by atoms with Crippen LogP contribution in [0.4, 0.5) is 22.9 Å². The molecule has 3 aliphatic rings. The highest BCUT2D eigenvalue weighted by atomic mass is 16.5. The van der Waals surface area contributed by atoms with E-state index < -0.39 is 0 Å². The highest BCUT2D eigenvalue weighted by Gasteiger charge is 2.35. The van der Waals surface area contributed by atoms with Gasteiger partial charge in [0.2, 0.25) is 5.91 Å². The number of hydrogen-bond acceptors (Lipinski definition) is 7. The summed E-state index contributed by atoms with van der Waals surface area (Å²) in [5, 5.41) is 3.44. The van der Waals surface area contributed by atoms with E-state index in [0.717, 1.165) is 41.5 Å². The number of rotatable bonds is 3. The van der Waals surface area contributed by atoms with Crippen molar-refractivity contribution < 1.29 is 19.1 Å². The van der Waals surface area contributed by atoms with E-state index in [0.29, 0.717) is 45.4 Å². The molecule has 3 heterocycles. The average Bonchev–Trinajstić information content (AvgIpc) is 3.04.